The summed E-state index contributed by atoms with van der Waals surface area (Å²) in [4.78, 5) is 13.6. The quantitative estimate of drug-likeness (QED) is 0.720. The smallest absolute Gasteiger partial charge is 0.227 e. The Bertz CT molecular complexity index is 1090. The number of hydrogen-bond acceptors (Lipinski definition) is 6. The van der Waals surface area contributed by atoms with Crippen LogP contribution in [0.15, 0.2) is 41.6 Å². The first-order valence-electron chi connectivity index (χ1n) is 8.62. The Balaban J connectivity index is 1.94. The molecule has 0 saturated heterocycles. The van der Waals surface area contributed by atoms with Crippen molar-refractivity contribution < 1.29 is 8.42 Å². The molecule has 0 aliphatic carbocycles. The zero-order valence-corrected chi connectivity index (χ0v) is 16.9. The van der Waals surface area contributed by atoms with Crippen LogP contribution < -0.4 is 5.32 Å². The molecule has 0 unspecified atom stereocenters. The topological polar surface area (TPSA) is 89.8 Å². The van der Waals surface area contributed by atoms with Crippen molar-refractivity contribution in [1.82, 2.24) is 19.5 Å². The SMILES string of the molecule is Cc1cc(S(C)(=O)=O)ccc1Nc1nccc(-c2cnc(C)n2C(C)C)n1. The van der Waals surface area contributed by atoms with Crippen molar-refractivity contribution in [1.29, 1.82) is 0 Å². The second-order valence-electron chi connectivity index (χ2n) is 6.79. The largest absolute Gasteiger partial charge is 0.324 e. The lowest BCUT2D eigenvalue weighted by Gasteiger charge is -2.14. The van der Waals surface area contributed by atoms with Crippen LogP contribution in [-0.4, -0.2) is 34.2 Å². The molecule has 0 amide bonds. The van der Waals surface area contributed by atoms with Crippen LogP contribution >= 0.6 is 0 Å². The maximum atomic E-state index is 11.7. The summed E-state index contributed by atoms with van der Waals surface area (Å²) < 4.78 is 25.5. The third-order valence-corrected chi connectivity index (χ3v) is 5.40. The number of benzene rings is 1. The average molecular weight is 385 g/mol. The lowest BCUT2D eigenvalue weighted by molar-refractivity contribution is 0.587. The number of imidazole rings is 1. The average Bonchev–Trinajstić information content (AvgIpc) is 2.98. The van der Waals surface area contributed by atoms with Gasteiger partial charge < -0.3 is 9.88 Å². The number of aromatic nitrogens is 4. The van der Waals surface area contributed by atoms with Gasteiger partial charge in [0.25, 0.3) is 0 Å². The summed E-state index contributed by atoms with van der Waals surface area (Å²) in [6.45, 7) is 8.02. The Kier molecular flexibility index (Phi) is 5.01. The van der Waals surface area contributed by atoms with Crippen LogP contribution in [0.1, 0.15) is 31.3 Å². The van der Waals surface area contributed by atoms with E-state index in [-0.39, 0.29) is 10.9 Å². The zero-order valence-electron chi connectivity index (χ0n) is 16.1. The highest BCUT2D eigenvalue weighted by molar-refractivity contribution is 7.90. The first-order chi connectivity index (χ1) is 12.7. The predicted octanol–water partition coefficient (Wildman–Crippen LogP) is 3.68. The van der Waals surface area contributed by atoms with E-state index < -0.39 is 9.84 Å². The summed E-state index contributed by atoms with van der Waals surface area (Å²) >= 11 is 0. The van der Waals surface area contributed by atoms with E-state index in [0.717, 1.165) is 28.5 Å². The molecule has 0 aliphatic rings. The first kappa shape index (κ1) is 19.0. The number of anilines is 2. The predicted molar refractivity (Wildman–Crippen MR) is 106 cm³/mol. The van der Waals surface area contributed by atoms with Crippen molar-refractivity contribution in [3.8, 4) is 11.4 Å². The van der Waals surface area contributed by atoms with Crippen molar-refractivity contribution in [2.24, 2.45) is 0 Å². The molecule has 2 aromatic heterocycles. The number of sulfone groups is 1. The molecule has 0 bridgehead atoms. The molecule has 7 nitrogen and oxygen atoms in total. The second kappa shape index (κ2) is 7.11. The number of rotatable bonds is 5. The zero-order chi connectivity index (χ0) is 19.8. The fourth-order valence-corrected chi connectivity index (χ4v) is 3.69. The molecule has 1 N–H and O–H groups in total. The van der Waals surface area contributed by atoms with E-state index in [9.17, 15) is 8.42 Å². The number of nitrogens with one attached hydrogen (secondary N) is 1. The molecule has 0 saturated carbocycles. The highest BCUT2D eigenvalue weighted by Crippen LogP contribution is 2.25. The van der Waals surface area contributed by atoms with Gasteiger partial charge in [-0.25, -0.2) is 23.4 Å². The molecule has 27 heavy (non-hydrogen) atoms. The minimum Gasteiger partial charge on any atom is -0.324 e. The maximum Gasteiger partial charge on any atom is 0.227 e. The third-order valence-electron chi connectivity index (χ3n) is 4.29. The second-order valence-corrected chi connectivity index (χ2v) is 8.81. The van der Waals surface area contributed by atoms with Crippen molar-refractivity contribution in [2.45, 2.75) is 38.6 Å². The van der Waals surface area contributed by atoms with E-state index in [1.165, 1.54) is 6.26 Å². The summed E-state index contributed by atoms with van der Waals surface area (Å²) in [6, 6.07) is 7.05. The summed E-state index contributed by atoms with van der Waals surface area (Å²) in [5.74, 6) is 1.37. The lowest BCUT2D eigenvalue weighted by Crippen LogP contribution is -2.07. The lowest BCUT2D eigenvalue weighted by atomic mass is 10.2. The van der Waals surface area contributed by atoms with Crippen LogP contribution in [0.4, 0.5) is 11.6 Å². The standard InChI is InChI=1S/C19H23N5O2S/c1-12(2)24-14(4)21-11-18(24)17-8-9-20-19(23-17)22-16-7-6-15(10-13(16)3)27(5,25)26/h6-12H,1-5H3,(H,20,22,23). The van der Waals surface area contributed by atoms with Gasteiger partial charge in [0, 0.05) is 24.2 Å². The molecule has 3 aromatic rings. The molecule has 0 spiro atoms. The summed E-state index contributed by atoms with van der Waals surface area (Å²) in [5.41, 5.74) is 3.26. The van der Waals surface area contributed by atoms with Crippen LogP contribution in [0.3, 0.4) is 0 Å². The first-order valence-corrected chi connectivity index (χ1v) is 10.5. The fourth-order valence-electron chi connectivity index (χ4n) is 2.98. The molecule has 1 aromatic carbocycles. The molecular weight excluding hydrogens is 362 g/mol. The van der Waals surface area contributed by atoms with E-state index in [2.05, 4.69) is 38.7 Å². The molecule has 3 rings (SSSR count). The van der Waals surface area contributed by atoms with Gasteiger partial charge in [0.1, 0.15) is 5.82 Å². The van der Waals surface area contributed by atoms with Gasteiger partial charge >= 0.3 is 0 Å². The molecule has 2 heterocycles. The van der Waals surface area contributed by atoms with Crippen LogP contribution in [-0.2, 0) is 9.84 Å². The van der Waals surface area contributed by atoms with Gasteiger partial charge in [0.05, 0.1) is 22.5 Å². The van der Waals surface area contributed by atoms with Crippen molar-refractivity contribution in [2.75, 3.05) is 11.6 Å². The number of hydrogen-bond donors (Lipinski definition) is 1. The van der Waals surface area contributed by atoms with Gasteiger partial charge in [-0.3, -0.25) is 0 Å². The van der Waals surface area contributed by atoms with Gasteiger partial charge in [-0.05, 0) is 57.5 Å². The van der Waals surface area contributed by atoms with Crippen LogP contribution in [0.2, 0.25) is 0 Å². The van der Waals surface area contributed by atoms with Crippen LogP contribution in [0.25, 0.3) is 11.4 Å². The minimum absolute atomic E-state index is 0.264. The van der Waals surface area contributed by atoms with Crippen molar-refractivity contribution in [3.05, 3.63) is 48.0 Å². The monoisotopic (exact) mass is 385 g/mol. The van der Waals surface area contributed by atoms with Gasteiger partial charge in [-0.2, -0.15) is 0 Å². The summed E-state index contributed by atoms with van der Waals surface area (Å²) in [6.07, 6.45) is 4.70. The molecule has 0 radical (unpaired) electrons. The number of aryl methyl sites for hydroxylation is 2. The molecule has 0 aliphatic heterocycles. The number of nitrogens with zero attached hydrogens (tertiary/aromatic N) is 4. The van der Waals surface area contributed by atoms with Gasteiger partial charge in [-0.1, -0.05) is 0 Å². The Morgan fingerprint density at radius 3 is 2.48 bits per heavy atom. The fraction of sp³-hybridized carbons (Fsp3) is 0.316. The third kappa shape index (κ3) is 4.00. The highest BCUT2D eigenvalue weighted by Gasteiger charge is 2.14. The van der Waals surface area contributed by atoms with E-state index in [0.29, 0.717) is 5.95 Å². The highest BCUT2D eigenvalue weighted by atomic mass is 32.2. The molecule has 142 valence electrons. The van der Waals surface area contributed by atoms with Crippen molar-refractivity contribution >= 4 is 21.5 Å². The summed E-state index contributed by atoms with van der Waals surface area (Å²) in [5, 5.41) is 3.17. The van der Waals surface area contributed by atoms with E-state index >= 15 is 0 Å². The van der Waals surface area contributed by atoms with E-state index in [4.69, 9.17) is 0 Å². The Labute approximate surface area is 159 Å². The Morgan fingerprint density at radius 1 is 1.11 bits per heavy atom. The van der Waals surface area contributed by atoms with Gasteiger partial charge in [0.2, 0.25) is 5.95 Å². The Morgan fingerprint density at radius 2 is 1.85 bits per heavy atom. The molecular formula is C19H23N5O2S. The Hall–Kier alpha value is -2.74. The van der Waals surface area contributed by atoms with Gasteiger partial charge in [0.15, 0.2) is 9.84 Å². The van der Waals surface area contributed by atoms with E-state index in [1.54, 1.807) is 24.4 Å². The molecule has 0 atom stereocenters. The normalized spacial score (nSPS) is 11.8. The van der Waals surface area contributed by atoms with Gasteiger partial charge in [-0.15, -0.1) is 0 Å². The van der Waals surface area contributed by atoms with E-state index in [1.807, 2.05) is 26.1 Å². The molecule has 8 heteroatoms. The minimum atomic E-state index is -3.24. The van der Waals surface area contributed by atoms with Crippen molar-refractivity contribution in [3.63, 3.8) is 0 Å². The maximum absolute atomic E-state index is 11.7. The van der Waals surface area contributed by atoms with Crippen LogP contribution in [0.5, 0.6) is 0 Å². The molecule has 0 fully saturated rings. The summed E-state index contributed by atoms with van der Waals surface area (Å²) in [7, 11) is -3.24. The van der Waals surface area contributed by atoms with Crippen LogP contribution in [0, 0.1) is 13.8 Å².